The first-order chi connectivity index (χ1) is 6.29. The third-order valence-electron chi connectivity index (χ3n) is 1.65. The average Bonchev–Trinajstić information content (AvgIpc) is 2.52. The van der Waals surface area contributed by atoms with Gasteiger partial charge in [-0.2, -0.15) is 0 Å². The summed E-state index contributed by atoms with van der Waals surface area (Å²) in [7, 11) is 0. The Labute approximate surface area is 87.7 Å². The van der Waals surface area contributed by atoms with Gasteiger partial charge in [0, 0.05) is 15.9 Å². The average molecular weight is 256 g/mol. The van der Waals surface area contributed by atoms with Crippen molar-refractivity contribution in [1.29, 1.82) is 0 Å². The quantitative estimate of drug-likeness (QED) is 0.768. The van der Waals surface area contributed by atoms with Crippen LogP contribution in [-0.2, 0) is 0 Å². The minimum Gasteiger partial charge on any atom is -0.268 e. The molecule has 4 heteroatoms. The summed E-state index contributed by atoms with van der Waals surface area (Å²) in [4.78, 5) is 11.3. The first kappa shape index (κ1) is 8.72. The normalized spacial score (nSPS) is 10.2. The molecule has 1 aromatic carbocycles. The lowest BCUT2D eigenvalue weighted by Gasteiger charge is -2.01. The van der Waals surface area contributed by atoms with E-state index in [1.165, 1.54) is 11.5 Å². The molecule has 66 valence electrons. The Kier molecular flexibility index (Phi) is 2.33. The molecule has 1 heterocycles. The van der Waals surface area contributed by atoms with E-state index in [1.54, 1.807) is 15.4 Å². The van der Waals surface area contributed by atoms with Crippen molar-refractivity contribution in [2.45, 2.75) is 0 Å². The lowest BCUT2D eigenvalue weighted by atomic mass is 10.3. The minimum atomic E-state index is 0.0110. The summed E-state index contributed by atoms with van der Waals surface area (Å²) in [6, 6.07) is 9.21. The Morgan fingerprint density at radius 3 is 2.62 bits per heavy atom. The van der Waals surface area contributed by atoms with E-state index in [2.05, 4.69) is 15.9 Å². The SMILES string of the molecule is O=c1ccsn1-c1ccccc1Br. The van der Waals surface area contributed by atoms with Gasteiger partial charge in [0.05, 0.1) is 5.69 Å². The first-order valence-electron chi connectivity index (χ1n) is 3.71. The van der Waals surface area contributed by atoms with Crippen molar-refractivity contribution in [2.24, 2.45) is 0 Å². The van der Waals surface area contributed by atoms with Gasteiger partial charge >= 0.3 is 0 Å². The van der Waals surface area contributed by atoms with Crippen LogP contribution in [0.4, 0.5) is 0 Å². The van der Waals surface area contributed by atoms with E-state index >= 15 is 0 Å². The Morgan fingerprint density at radius 2 is 2.00 bits per heavy atom. The van der Waals surface area contributed by atoms with E-state index in [9.17, 15) is 4.79 Å². The molecule has 2 rings (SSSR count). The highest BCUT2D eigenvalue weighted by Gasteiger charge is 2.03. The van der Waals surface area contributed by atoms with Gasteiger partial charge in [0.1, 0.15) is 0 Å². The molecule has 0 amide bonds. The number of para-hydroxylation sites is 1. The minimum absolute atomic E-state index is 0.0110. The van der Waals surface area contributed by atoms with Gasteiger partial charge in [-0.25, -0.2) is 3.96 Å². The second-order valence-electron chi connectivity index (χ2n) is 2.49. The fraction of sp³-hybridized carbons (Fsp3) is 0. The lowest BCUT2D eigenvalue weighted by Crippen LogP contribution is -2.09. The number of rotatable bonds is 1. The number of benzene rings is 1. The van der Waals surface area contributed by atoms with Crippen LogP contribution < -0.4 is 5.56 Å². The second kappa shape index (κ2) is 3.47. The molecule has 2 nitrogen and oxygen atoms in total. The van der Waals surface area contributed by atoms with Crippen LogP contribution in [0.2, 0.25) is 0 Å². The maximum absolute atomic E-state index is 11.3. The van der Waals surface area contributed by atoms with Crippen molar-refractivity contribution in [3.63, 3.8) is 0 Å². The standard InChI is InChI=1S/C9H6BrNOS/c10-7-3-1-2-4-8(7)11-9(12)5-6-13-11/h1-6H. The van der Waals surface area contributed by atoms with E-state index in [4.69, 9.17) is 0 Å². The Hall–Kier alpha value is -0.870. The number of aromatic nitrogens is 1. The van der Waals surface area contributed by atoms with Crippen LogP contribution >= 0.6 is 27.5 Å². The Bertz CT molecular complexity index is 474. The van der Waals surface area contributed by atoms with E-state index in [0.29, 0.717) is 0 Å². The van der Waals surface area contributed by atoms with Gasteiger partial charge < -0.3 is 0 Å². The molecule has 0 aliphatic heterocycles. The van der Waals surface area contributed by atoms with Crippen LogP contribution in [0.15, 0.2) is 45.0 Å². The van der Waals surface area contributed by atoms with Crippen molar-refractivity contribution in [3.8, 4) is 5.69 Å². The molecule has 13 heavy (non-hydrogen) atoms. The van der Waals surface area contributed by atoms with Crippen molar-refractivity contribution in [2.75, 3.05) is 0 Å². The summed E-state index contributed by atoms with van der Waals surface area (Å²) >= 11 is 4.79. The van der Waals surface area contributed by atoms with Gasteiger partial charge in [0.2, 0.25) is 0 Å². The van der Waals surface area contributed by atoms with E-state index in [0.717, 1.165) is 10.2 Å². The zero-order valence-corrected chi connectivity index (χ0v) is 9.01. The molecule has 0 saturated carbocycles. The molecule has 0 atom stereocenters. The number of hydrogen-bond donors (Lipinski definition) is 0. The topological polar surface area (TPSA) is 22.0 Å². The third kappa shape index (κ3) is 1.59. The molecule has 0 spiro atoms. The van der Waals surface area contributed by atoms with Gasteiger partial charge in [0.25, 0.3) is 5.56 Å². The number of hydrogen-bond acceptors (Lipinski definition) is 2. The van der Waals surface area contributed by atoms with Crippen LogP contribution in [0, 0.1) is 0 Å². The molecule has 0 aliphatic rings. The van der Waals surface area contributed by atoms with Crippen molar-refractivity contribution in [3.05, 3.63) is 50.5 Å². The first-order valence-corrected chi connectivity index (χ1v) is 5.34. The zero-order valence-electron chi connectivity index (χ0n) is 6.61. The fourth-order valence-electron chi connectivity index (χ4n) is 1.06. The van der Waals surface area contributed by atoms with Crippen molar-refractivity contribution in [1.82, 2.24) is 3.96 Å². The summed E-state index contributed by atoms with van der Waals surface area (Å²) in [5.41, 5.74) is 0.902. The lowest BCUT2D eigenvalue weighted by molar-refractivity contribution is 1.12. The summed E-state index contributed by atoms with van der Waals surface area (Å²) in [6.07, 6.45) is 0. The maximum atomic E-state index is 11.3. The highest BCUT2D eigenvalue weighted by atomic mass is 79.9. The van der Waals surface area contributed by atoms with Crippen LogP contribution in [0.25, 0.3) is 5.69 Å². The molecule has 0 radical (unpaired) electrons. The van der Waals surface area contributed by atoms with Crippen molar-refractivity contribution < 1.29 is 0 Å². The molecular weight excluding hydrogens is 250 g/mol. The predicted octanol–water partition coefficient (Wildman–Crippen LogP) is 2.66. The van der Waals surface area contributed by atoms with E-state index in [-0.39, 0.29) is 5.56 Å². The van der Waals surface area contributed by atoms with Crippen LogP contribution in [0.1, 0.15) is 0 Å². The van der Waals surface area contributed by atoms with Gasteiger partial charge in [-0.15, -0.1) is 0 Å². The van der Waals surface area contributed by atoms with E-state index in [1.807, 2.05) is 24.3 Å². The summed E-state index contributed by atoms with van der Waals surface area (Å²) in [5, 5.41) is 1.78. The zero-order chi connectivity index (χ0) is 9.26. The number of halogens is 1. The molecule has 0 bridgehead atoms. The Balaban J connectivity index is 2.66. The van der Waals surface area contributed by atoms with Gasteiger partial charge in [0.15, 0.2) is 0 Å². The monoisotopic (exact) mass is 255 g/mol. The molecular formula is C9H6BrNOS. The molecule has 1 aromatic heterocycles. The van der Waals surface area contributed by atoms with Gasteiger partial charge in [-0.3, -0.25) is 4.79 Å². The van der Waals surface area contributed by atoms with Crippen LogP contribution in [0.3, 0.4) is 0 Å². The highest BCUT2D eigenvalue weighted by molar-refractivity contribution is 9.10. The third-order valence-corrected chi connectivity index (χ3v) is 3.16. The largest absolute Gasteiger partial charge is 0.268 e. The van der Waals surface area contributed by atoms with Crippen LogP contribution in [0.5, 0.6) is 0 Å². The van der Waals surface area contributed by atoms with Crippen LogP contribution in [-0.4, -0.2) is 3.96 Å². The van der Waals surface area contributed by atoms with Crippen molar-refractivity contribution >= 4 is 27.5 Å². The highest BCUT2D eigenvalue weighted by Crippen LogP contribution is 2.20. The molecule has 2 aromatic rings. The summed E-state index contributed by atoms with van der Waals surface area (Å²) in [6.45, 7) is 0. The fourth-order valence-corrected chi connectivity index (χ4v) is 2.38. The molecule has 0 N–H and O–H groups in total. The molecule has 0 fully saturated rings. The smallest absolute Gasteiger partial charge is 0.265 e. The van der Waals surface area contributed by atoms with E-state index < -0.39 is 0 Å². The summed E-state index contributed by atoms with van der Waals surface area (Å²) in [5.74, 6) is 0. The molecule has 0 saturated heterocycles. The Morgan fingerprint density at radius 1 is 1.23 bits per heavy atom. The summed E-state index contributed by atoms with van der Waals surface area (Å²) < 4.78 is 2.57. The molecule has 0 unspecified atom stereocenters. The maximum Gasteiger partial charge on any atom is 0.265 e. The number of nitrogens with zero attached hydrogens (tertiary/aromatic N) is 1. The predicted molar refractivity (Wildman–Crippen MR) is 57.6 cm³/mol. The van der Waals surface area contributed by atoms with Gasteiger partial charge in [-0.1, -0.05) is 23.7 Å². The second-order valence-corrected chi connectivity index (χ2v) is 4.19. The molecule has 0 aliphatic carbocycles. The van der Waals surface area contributed by atoms with Gasteiger partial charge in [-0.05, 0) is 28.1 Å².